The molecular weight excluding hydrogens is 249 g/mol. The van der Waals surface area contributed by atoms with E-state index in [0.717, 1.165) is 0 Å². The Morgan fingerprint density at radius 1 is 1.06 bits per heavy atom. The second-order valence-electron chi connectivity index (χ2n) is 7.01. The first kappa shape index (κ1) is 15.3. The maximum absolute atomic E-state index is 12.5. The van der Waals surface area contributed by atoms with Crippen LogP contribution in [0.4, 0.5) is 0 Å². The Morgan fingerprint density at radius 3 is 2.00 bits per heavy atom. The monoisotopic (exact) mass is 274 g/mol. The summed E-state index contributed by atoms with van der Waals surface area (Å²) in [4.78, 5) is 14.8. The molecule has 2 heterocycles. The summed E-state index contributed by atoms with van der Waals surface area (Å²) in [7, 11) is 2.13. The Morgan fingerprint density at radius 2 is 1.53 bits per heavy atom. The van der Waals surface area contributed by atoms with Gasteiger partial charge in [-0.3, -0.25) is 9.69 Å². The standard InChI is InChI=1S/C14H25NO.V/c1-8-9(2)11-13(3,4)14(5,6)12(10(8)16)15(11)7;/h8-9,11-12H,1-7H3;. The third kappa shape index (κ3) is 1.60. The van der Waals surface area contributed by atoms with Crippen molar-refractivity contribution < 1.29 is 23.4 Å². The van der Waals surface area contributed by atoms with E-state index in [2.05, 4.69) is 53.5 Å². The molecule has 0 N–H and O–H groups in total. The first-order chi connectivity index (χ1) is 7.14. The van der Waals surface area contributed by atoms with E-state index in [1.807, 2.05) is 0 Å². The number of likely N-dealkylation sites (N-methyl/N-ethyl adjacent to an activating group) is 1. The van der Waals surface area contributed by atoms with Crippen LogP contribution in [0.15, 0.2) is 0 Å². The minimum atomic E-state index is 0. The minimum absolute atomic E-state index is 0. The van der Waals surface area contributed by atoms with Crippen LogP contribution >= 0.6 is 0 Å². The molecule has 2 bridgehead atoms. The molecule has 0 aromatic heterocycles. The number of hydrogen-bond acceptors (Lipinski definition) is 2. The van der Waals surface area contributed by atoms with Gasteiger partial charge in [-0.05, 0) is 23.8 Å². The second-order valence-corrected chi connectivity index (χ2v) is 7.01. The predicted molar refractivity (Wildman–Crippen MR) is 66.2 cm³/mol. The van der Waals surface area contributed by atoms with Crippen molar-refractivity contribution in [3.05, 3.63) is 0 Å². The summed E-state index contributed by atoms with van der Waals surface area (Å²) >= 11 is 0. The fourth-order valence-corrected chi connectivity index (χ4v) is 4.28. The third-order valence-electron chi connectivity index (χ3n) is 5.93. The van der Waals surface area contributed by atoms with Crippen molar-refractivity contribution >= 4 is 5.78 Å². The average Bonchev–Trinajstić information content (AvgIpc) is 2.24. The van der Waals surface area contributed by atoms with Crippen LogP contribution in [0.5, 0.6) is 0 Å². The zero-order chi connectivity index (χ0) is 12.5. The van der Waals surface area contributed by atoms with Gasteiger partial charge in [-0.15, -0.1) is 0 Å². The summed E-state index contributed by atoms with van der Waals surface area (Å²) < 4.78 is 0. The zero-order valence-electron chi connectivity index (χ0n) is 12.1. The molecule has 0 aliphatic carbocycles. The van der Waals surface area contributed by atoms with Crippen molar-refractivity contribution in [1.82, 2.24) is 4.90 Å². The molecule has 0 saturated carbocycles. The summed E-state index contributed by atoms with van der Waals surface area (Å²) in [5.74, 6) is 1.12. The maximum Gasteiger partial charge on any atom is 0.153 e. The van der Waals surface area contributed by atoms with Crippen LogP contribution in [-0.4, -0.2) is 29.8 Å². The van der Waals surface area contributed by atoms with Gasteiger partial charge in [0.2, 0.25) is 0 Å². The first-order valence-corrected chi connectivity index (χ1v) is 6.39. The molecule has 4 atom stereocenters. The molecule has 4 unspecified atom stereocenters. The van der Waals surface area contributed by atoms with E-state index in [-0.39, 0.29) is 41.3 Å². The molecule has 2 nitrogen and oxygen atoms in total. The molecular formula is C14H25NOV. The number of nitrogens with zero attached hydrogens (tertiary/aromatic N) is 1. The summed E-state index contributed by atoms with van der Waals surface area (Å²) in [6.07, 6.45) is 0. The quantitative estimate of drug-likeness (QED) is 0.676. The number of rotatable bonds is 0. The summed E-state index contributed by atoms with van der Waals surface area (Å²) in [5, 5.41) is 0. The SMILES string of the molecule is CC1C(=O)C2N(C)C(C1C)C(C)(C)C2(C)C.[V]. The average molecular weight is 274 g/mol. The minimum Gasteiger partial charge on any atom is -0.298 e. The molecule has 0 aromatic rings. The van der Waals surface area contributed by atoms with Crippen molar-refractivity contribution in [2.75, 3.05) is 7.05 Å². The van der Waals surface area contributed by atoms with Gasteiger partial charge in [-0.25, -0.2) is 0 Å². The molecule has 0 aromatic carbocycles. The molecule has 97 valence electrons. The fourth-order valence-electron chi connectivity index (χ4n) is 4.28. The number of carbonyl (C=O) groups excluding carboxylic acids is 1. The molecule has 2 fully saturated rings. The molecule has 17 heavy (non-hydrogen) atoms. The Bertz CT molecular complexity index is 337. The third-order valence-corrected chi connectivity index (χ3v) is 5.93. The first-order valence-electron chi connectivity index (χ1n) is 6.39. The topological polar surface area (TPSA) is 20.3 Å². The number of Topliss-reactive ketones (excluding diaryl/α,β-unsaturated/α-hetero) is 1. The molecule has 1 radical (unpaired) electrons. The Kier molecular flexibility index (Phi) is 3.69. The van der Waals surface area contributed by atoms with Crippen molar-refractivity contribution in [1.29, 1.82) is 0 Å². The van der Waals surface area contributed by atoms with Gasteiger partial charge in [-0.2, -0.15) is 0 Å². The maximum atomic E-state index is 12.5. The molecule has 0 amide bonds. The van der Waals surface area contributed by atoms with Gasteiger partial charge in [0.1, 0.15) is 0 Å². The normalized spacial score (nSPS) is 43.4. The van der Waals surface area contributed by atoms with Crippen LogP contribution < -0.4 is 0 Å². The summed E-state index contributed by atoms with van der Waals surface area (Å²) in [5.41, 5.74) is 0.273. The van der Waals surface area contributed by atoms with Gasteiger partial charge in [0, 0.05) is 30.5 Å². The Hall–Kier alpha value is 0.214. The number of piperidine rings is 1. The van der Waals surface area contributed by atoms with Gasteiger partial charge >= 0.3 is 0 Å². The molecule has 2 aliphatic heterocycles. The van der Waals surface area contributed by atoms with Crippen molar-refractivity contribution in [2.45, 2.75) is 53.6 Å². The van der Waals surface area contributed by atoms with Crippen LogP contribution in [-0.2, 0) is 23.4 Å². The van der Waals surface area contributed by atoms with E-state index < -0.39 is 0 Å². The number of fused-ring (bicyclic) bond motifs is 2. The van der Waals surface area contributed by atoms with E-state index >= 15 is 0 Å². The van der Waals surface area contributed by atoms with Crippen LogP contribution in [0.25, 0.3) is 0 Å². The molecule has 2 aliphatic rings. The van der Waals surface area contributed by atoms with Gasteiger partial charge < -0.3 is 0 Å². The van der Waals surface area contributed by atoms with Crippen LogP contribution in [0.1, 0.15) is 41.5 Å². The fraction of sp³-hybridized carbons (Fsp3) is 0.929. The Balaban J connectivity index is 0.00000144. The second kappa shape index (κ2) is 4.11. The van der Waals surface area contributed by atoms with E-state index in [4.69, 9.17) is 0 Å². The van der Waals surface area contributed by atoms with Gasteiger partial charge in [0.25, 0.3) is 0 Å². The number of carbonyl (C=O) groups is 1. The smallest absolute Gasteiger partial charge is 0.153 e. The molecule has 0 spiro atoms. The molecule has 3 heteroatoms. The molecule has 2 saturated heterocycles. The van der Waals surface area contributed by atoms with Gasteiger partial charge in [-0.1, -0.05) is 41.5 Å². The zero-order valence-corrected chi connectivity index (χ0v) is 13.5. The van der Waals surface area contributed by atoms with Gasteiger partial charge in [0.05, 0.1) is 6.04 Å². The van der Waals surface area contributed by atoms with E-state index in [1.54, 1.807) is 0 Å². The van der Waals surface area contributed by atoms with Crippen LogP contribution in [0, 0.1) is 22.7 Å². The van der Waals surface area contributed by atoms with Crippen molar-refractivity contribution in [3.8, 4) is 0 Å². The van der Waals surface area contributed by atoms with E-state index in [0.29, 0.717) is 17.7 Å². The summed E-state index contributed by atoms with van der Waals surface area (Å²) in [6.45, 7) is 13.5. The van der Waals surface area contributed by atoms with Crippen LogP contribution in [0.2, 0.25) is 0 Å². The molecule has 2 rings (SSSR count). The van der Waals surface area contributed by atoms with E-state index in [9.17, 15) is 4.79 Å². The predicted octanol–water partition coefficient (Wildman–Crippen LogP) is 2.57. The number of ketones is 1. The summed E-state index contributed by atoms with van der Waals surface area (Å²) in [6, 6.07) is 0.638. The van der Waals surface area contributed by atoms with Crippen molar-refractivity contribution in [2.24, 2.45) is 22.7 Å². The van der Waals surface area contributed by atoms with E-state index in [1.165, 1.54) is 0 Å². The largest absolute Gasteiger partial charge is 0.298 e. The van der Waals surface area contributed by atoms with Crippen molar-refractivity contribution in [3.63, 3.8) is 0 Å². The Labute approximate surface area is 117 Å². The van der Waals surface area contributed by atoms with Crippen LogP contribution in [0.3, 0.4) is 0 Å². The number of hydrogen-bond donors (Lipinski definition) is 0. The van der Waals surface area contributed by atoms with Gasteiger partial charge in [0.15, 0.2) is 5.78 Å².